The van der Waals surface area contributed by atoms with Gasteiger partial charge < -0.3 is 19.7 Å². The molecule has 0 radical (unpaired) electrons. The first-order valence-electron chi connectivity index (χ1n) is 7.63. The van der Waals surface area contributed by atoms with E-state index in [4.69, 9.17) is 21.1 Å². The summed E-state index contributed by atoms with van der Waals surface area (Å²) in [5, 5.41) is 3.39. The van der Waals surface area contributed by atoms with Gasteiger partial charge in [0.1, 0.15) is 0 Å². The van der Waals surface area contributed by atoms with Crippen molar-refractivity contribution in [1.29, 1.82) is 0 Å². The van der Waals surface area contributed by atoms with Crippen molar-refractivity contribution < 1.29 is 14.3 Å². The summed E-state index contributed by atoms with van der Waals surface area (Å²) in [4.78, 5) is 14.1. The highest BCUT2D eigenvalue weighted by Crippen LogP contribution is 2.32. The number of halogens is 1. The van der Waals surface area contributed by atoms with Crippen LogP contribution in [0.3, 0.4) is 0 Å². The van der Waals surface area contributed by atoms with Gasteiger partial charge in [0.25, 0.3) is 5.91 Å². The number of carbonyl (C=O) groups is 1. The van der Waals surface area contributed by atoms with Gasteiger partial charge in [0.05, 0.1) is 23.0 Å². The van der Waals surface area contributed by atoms with Crippen LogP contribution in [0, 0.1) is 0 Å². The summed E-state index contributed by atoms with van der Waals surface area (Å²) in [6, 6.07) is 12.6. The zero-order valence-corrected chi connectivity index (χ0v) is 14.8. The summed E-state index contributed by atoms with van der Waals surface area (Å²) < 4.78 is 11.0. The molecule has 0 aliphatic carbocycles. The van der Waals surface area contributed by atoms with Gasteiger partial charge in [-0.25, -0.2) is 0 Å². The van der Waals surface area contributed by atoms with Gasteiger partial charge in [-0.05, 0) is 31.2 Å². The lowest BCUT2D eigenvalue weighted by Crippen LogP contribution is -2.22. The first-order chi connectivity index (χ1) is 11.5. The molecule has 2 aromatic carbocycles. The van der Waals surface area contributed by atoms with Gasteiger partial charge in [-0.3, -0.25) is 4.79 Å². The number of amides is 1. The molecule has 0 saturated heterocycles. The SMILES string of the molecule is CCOc1ccccc1OCC(=O)Nc1cccc(Cl)c1N(C)C. The number of rotatable bonds is 7. The second kappa shape index (κ2) is 8.45. The second-order valence-electron chi connectivity index (χ2n) is 5.25. The number of nitrogens with zero attached hydrogens (tertiary/aromatic N) is 1. The first kappa shape index (κ1) is 17.9. The molecule has 1 amide bonds. The summed E-state index contributed by atoms with van der Waals surface area (Å²) in [7, 11) is 3.73. The third kappa shape index (κ3) is 4.55. The topological polar surface area (TPSA) is 50.8 Å². The van der Waals surface area contributed by atoms with Crippen LogP contribution in [0.1, 0.15) is 6.92 Å². The molecule has 2 rings (SSSR count). The van der Waals surface area contributed by atoms with E-state index in [1.54, 1.807) is 30.3 Å². The molecular weight excluding hydrogens is 328 g/mol. The van der Waals surface area contributed by atoms with Crippen molar-refractivity contribution >= 4 is 28.9 Å². The molecule has 0 aliphatic rings. The van der Waals surface area contributed by atoms with Crippen LogP contribution >= 0.6 is 11.6 Å². The van der Waals surface area contributed by atoms with Crippen molar-refractivity contribution in [3.63, 3.8) is 0 Å². The van der Waals surface area contributed by atoms with Crippen molar-refractivity contribution in [1.82, 2.24) is 0 Å². The van der Waals surface area contributed by atoms with Crippen LogP contribution in [0.15, 0.2) is 42.5 Å². The summed E-state index contributed by atoms with van der Waals surface area (Å²) in [5.74, 6) is 0.879. The predicted molar refractivity (Wildman–Crippen MR) is 97.5 cm³/mol. The van der Waals surface area contributed by atoms with Gasteiger partial charge in [0.2, 0.25) is 0 Å². The van der Waals surface area contributed by atoms with Crippen LogP contribution in [-0.4, -0.2) is 33.2 Å². The number of para-hydroxylation sites is 3. The minimum atomic E-state index is -0.272. The molecule has 0 fully saturated rings. The Labute approximate surface area is 147 Å². The van der Waals surface area contributed by atoms with Gasteiger partial charge in [0.15, 0.2) is 18.1 Å². The van der Waals surface area contributed by atoms with E-state index >= 15 is 0 Å². The normalized spacial score (nSPS) is 10.2. The van der Waals surface area contributed by atoms with E-state index < -0.39 is 0 Å². The molecule has 0 spiro atoms. The lowest BCUT2D eigenvalue weighted by Gasteiger charge is -2.19. The number of anilines is 2. The van der Waals surface area contributed by atoms with Gasteiger partial charge in [-0.1, -0.05) is 29.8 Å². The average Bonchev–Trinajstić information content (AvgIpc) is 2.54. The Morgan fingerprint density at radius 3 is 2.38 bits per heavy atom. The Morgan fingerprint density at radius 1 is 1.08 bits per heavy atom. The average molecular weight is 349 g/mol. The minimum absolute atomic E-state index is 0.122. The molecule has 128 valence electrons. The Kier molecular flexibility index (Phi) is 6.32. The Balaban J connectivity index is 2.04. The van der Waals surface area contributed by atoms with Crippen LogP contribution in [0.5, 0.6) is 11.5 Å². The fraction of sp³-hybridized carbons (Fsp3) is 0.278. The third-order valence-electron chi connectivity index (χ3n) is 3.22. The highest BCUT2D eigenvalue weighted by Gasteiger charge is 2.13. The smallest absolute Gasteiger partial charge is 0.262 e. The number of benzene rings is 2. The lowest BCUT2D eigenvalue weighted by molar-refractivity contribution is -0.118. The number of carbonyl (C=O) groups excluding carboxylic acids is 1. The maximum absolute atomic E-state index is 12.2. The zero-order chi connectivity index (χ0) is 17.5. The van der Waals surface area contributed by atoms with Crippen LogP contribution in [0.2, 0.25) is 5.02 Å². The molecule has 0 bridgehead atoms. The maximum Gasteiger partial charge on any atom is 0.262 e. The summed E-state index contributed by atoms with van der Waals surface area (Å²) in [5.41, 5.74) is 1.39. The van der Waals surface area contributed by atoms with Gasteiger partial charge in [0, 0.05) is 14.1 Å². The largest absolute Gasteiger partial charge is 0.490 e. The fourth-order valence-corrected chi connectivity index (χ4v) is 2.59. The van der Waals surface area contributed by atoms with E-state index in [2.05, 4.69) is 5.32 Å². The molecule has 6 heteroatoms. The molecule has 0 unspecified atom stereocenters. The fourth-order valence-electron chi connectivity index (χ4n) is 2.24. The predicted octanol–water partition coefficient (Wildman–Crippen LogP) is 3.82. The van der Waals surface area contributed by atoms with Crippen molar-refractivity contribution in [2.75, 3.05) is 37.5 Å². The highest BCUT2D eigenvalue weighted by molar-refractivity contribution is 6.34. The maximum atomic E-state index is 12.2. The Bertz CT molecular complexity index is 704. The quantitative estimate of drug-likeness (QED) is 0.826. The molecule has 0 aliphatic heterocycles. The third-order valence-corrected chi connectivity index (χ3v) is 3.52. The zero-order valence-electron chi connectivity index (χ0n) is 14.0. The molecule has 0 heterocycles. The second-order valence-corrected chi connectivity index (χ2v) is 5.65. The number of hydrogen-bond acceptors (Lipinski definition) is 4. The van der Waals surface area contributed by atoms with E-state index in [9.17, 15) is 4.79 Å². The lowest BCUT2D eigenvalue weighted by atomic mass is 10.2. The van der Waals surface area contributed by atoms with E-state index in [1.807, 2.05) is 38.1 Å². The monoisotopic (exact) mass is 348 g/mol. The molecule has 1 N–H and O–H groups in total. The van der Waals surface area contributed by atoms with Crippen molar-refractivity contribution in [2.45, 2.75) is 6.92 Å². The molecule has 2 aromatic rings. The summed E-state index contributed by atoms with van der Waals surface area (Å²) in [6.07, 6.45) is 0. The van der Waals surface area contributed by atoms with Crippen LogP contribution in [0.4, 0.5) is 11.4 Å². The first-order valence-corrected chi connectivity index (χ1v) is 8.01. The van der Waals surface area contributed by atoms with E-state index in [0.717, 1.165) is 5.69 Å². The van der Waals surface area contributed by atoms with E-state index in [1.165, 1.54) is 0 Å². The van der Waals surface area contributed by atoms with Crippen LogP contribution in [0.25, 0.3) is 0 Å². The van der Waals surface area contributed by atoms with Crippen LogP contribution in [-0.2, 0) is 4.79 Å². The molecule has 5 nitrogen and oxygen atoms in total. The number of ether oxygens (including phenoxy) is 2. The van der Waals surface area contributed by atoms with E-state index in [0.29, 0.717) is 28.8 Å². The van der Waals surface area contributed by atoms with Crippen molar-refractivity contribution in [2.24, 2.45) is 0 Å². The molecule has 0 saturated carbocycles. The molecular formula is C18H21ClN2O3. The molecule has 0 atom stereocenters. The Hall–Kier alpha value is -2.40. The van der Waals surface area contributed by atoms with Gasteiger partial charge in [-0.2, -0.15) is 0 Å². The van der Waals surface area contributed by atoms with Crippen LogP contribution < -0.4 is 19.7 Å². The Morgan fingerprint density at radius 2 is 1.75 bits per heavy atom. The summed E-state index contributed by atoms with van der Waals surface area (Å²) >= 11 is 6.20. The summed E-state index contributed by atoms with van der Waals surface area (Å²) in [6.45, 7) is 2.30. The highest BCUT2D eigenvalue weighted by atomic mass is 35.5. The minimum Gasteiger partial charge on any atom is -0.490 e. The number of nitrogens with one attached hydrogen (secondary N) is 1. The van der Waals surface area contributed by atoms with E-state index in [-0.39, 0.29) is 12.5 Å². The van der Waals surface area contributed by atoms with Gasteiger partial charge in [-0.15, -0.1) is 0 Å². The number of hydrogen-bond donors (Lipinski definition) is 1. The van der Waals surface area contributed by atoms with Crippen molar-refractivity contribution in [3.8, 4) is 11.5 Å². The standard InChI is InChI=1S/C18H21ClN2O3/c1-4-23-15-10-5-6-11-16(15)24-12-17(22)20-14-9-7-8-13(19)18(14)21(2)3/h5-11H,4,12H2,1-3H3,(H,20,22). The molecule has 0 aromatic heterocycles. The van der Waals surface area contributed by atoms with Gasteiger partial charge >= 0.3 is 0 Å². The van der Waals surface area contributed by atoms with Crippen molar-refractivity contribution in [3.05, 3.63) is 47.5 Å². The molecule has 24 heavy (non-hydrogen) atoms.